The monoisotopic (exact) mass is 322 g/mol. The first-order valence-electron chi connectivity index (χ1n) is 7.20. The molecule has 2 aromatic rings. The van der Waals surface area contributed by atoms with Crippen molar-refractivity contribution in [2.75, 3.05) is 18.8 Å². The number of amides is 1. The Morgan fingerprint density at radius 3 is 2.86 bits per heavy atom. The van der Waals surface area contributed by atoms with E-state index in [0.29, 0.717) is 10.9 Å². The van der Waals surface area contributed by atoms with Gasteiger partial charge < -0.3 is 4.90 Å². The summed E-state index contributed by atoms with van der Waals surface area (Å²) in [7, 11) is 0. The van der Waals surface area contributed by atoms with Crippen LogP contribution < -0.4 is 0 Å². The van der Waals surface area contributed by atoms with E-state index < -0.39 is 0 Å². The van der Waals surface area contributed by atoms with Crippen LogP contribution in [-0.4, -0.2) is 44.8 Å². The minimum Gasteiger partial charge on any atom is -0.342 e. The van der Waals surface area contributed by atoms with Crippen LogP contribution in [-0.2, 0) is 4.79 Å². The molecule has 3 heterocycles. The number of likely N-dealkylation sites (tertiary alicyclic amines) is 1. The summed E-state index contributed by atoms with van der Waals surface area (Å²) in [5.41, 5.74) is 0. The maximum atomic E-state index is 12.2. The van der Waals surface area contributed by atoms with Crippen molar-refractivity contribution in [3.63, 3.8) is 0 Å². The van der Waals surface area contributed by atoms with E-state index in [9.17, 15) is 4.79 Å². The van der Waals surface area contributed by atoms with Gasteiger partial charge >= 0.3 is 0 Å². The molecule has 1 aliphatic rings. The zero-order chi connectivity index (χ0) is 14.5. The Balaban J connectivity index is 1.54. The van der Waals surface area contributed by atoms with Crippen molar-refractivity contribution in [2.24, 2.45) is 0 Å². The van der Waals surface area contributed by atoms with Crippen molar-refractivity contribution in [1.82, 2.24) is 20.1 Å². The second-order valence-corrected chi connectivity index (χ2v) is 6.92. The molecule has 1 amide bonds. The van der Waals surface area contributed by atoms with Gasteiger partial charge in [-0.2, -0.15) is 0 Å². The molecule has 1 fully saturated rings. The molecule has 21 heavy (non-hydrogen) atoms. The molecule has 0 saturated carbocycles. The van der Waals surface area contributed by atoms with Gasteiger partial charge in [-0.15, -0.1) is 16.4 Å². The Hall–Kier alpha value is -1.34. The van der Waals surface area contributed by atoms with Crippen LogP contribution in [0.5, 0.6) is 0 Å². The van der Waals surface area contributed by atoms with Gasteiger partial charge in [-0.05, 0) is 24.3 Å². The summed E-state index contributed by atoms with van der Waals surface area (Å²) in [6.45, 7) is 1.79. The summed E-state index contributed by atoms with van der Waals surface area (Å²) in [4.78, 5) is 19.7. The van der Waals surface area contributed by atoms with Gasteiger partial charge in [-0.25, -0.2) is 4.98 Å². The zero-order valence-electron chi connectivity index (χ0n) is 11.7. The average Bonchev–Trinajstić information content (AvgIpc) is 3.11. The standard InChI is InChI=1S/C14H18N4OS2/c19-12(18-7-3-1-2-4-8-18)10-21-14-15-13(16-17-14)11-6-5-9-20-11/h5-6,9H,1-4,7-8,10H2,(H,15,16,17). The van der Waals surface area contributed by atoms with Gasteiger partial charge in [0, 0.05) is 13.1 Å². The fourth-order valence-electron chi connectivity index (χ4n) is 2.37. The van der Waals surface area contributed by atoms with Crippen LogP contribution in [0.4, 0.5) is 0 Å². The molecule has 3 rings (SSSR count). The summed E-state index contributed by atoms with van der Waals surface area (Å²) in [5, 5.41) is 9.74. The summed E-state index contributed by atoms with van der Waals surface area (Å²) in [6.07, 6.45) is 4.73. The van der Waals surface area contributed by atoms with Crippen LogP contribution in [0.25, 0.3) is 10.7 Å². The molecular weight excluding hydrogens is 304 g/mol. The molecule has 0 aliphatic carbocycles. The first kappa shape index (κ1) is 14.6. The SMILES string of the molecule is O=C(CSc1n[nH]c(-c2cccs2)n1)N1CCCCCC1. The fourth-order valence-corrected chi connectivity index (χ4v) is 3.74. The van der Waals surface area contributed by atoms with Crippen molar-refractivity contribution in [1.29, 1.82) is 0 Å². The Kier molecular flexibility index (Phi) is 4.92. The van der Waals surface area contributed by atoms with Gasteiger partial charge in [0.1, 0.15) is 0 Å². The normalized spacial score (nSPS) is 15.9. The molecule has 0 atom stereocenters. The van der Waals surface area contributed by atoms with Crippen LogP contribution in [0, 0.1) is 0 Å². The Morgan fingerprint density at radius 2 is 2.14 bits per heavy atom. The topological polar surface area (TPSA) is 61.9 Å². The van der Waals surface area contributed by atoms with E-state index in [0.717, 1.165) is 36.6 Å². The minimum atomic E-state index is 0.198. The van der Waals surface area contributed by atoms with E-state index in [2.05, 4.69) is 15.2 Å². The molecule has 1 saturated heterocycles. The maximum absolute atomic E-state index is 12.2. The van der Waals surface area contributed by atoms with Gasteiger partial charge in [0.2, 0.25) is 11.1 Å². The number of H-pyrrole nitrogens is 1. The summed E-state index contributed by atoms with van der Waals surface area (Å²) in [6, 6.07) is 3.99. The Morgan fingerprint density at radius 1 is 1.33 bits per heavy atom. The molecule has 5 nitrogen and oxygen atoms in total. The van der Waals surface area contributed by atoms with Crippen LogP contribution in [0.3, 0.4) is 0 Å². The smallest absolute Gasteiger partial charge is 0.233 e. The molecular formula is C14H18N4OS2. The quantitative estimate of drug-likeness (QED) is 0.879. The van der Waals surface area contributed by atoms with Crippen molar-refractivity contribution in [3.8, 4) is 10.7 Å². The van der Waals surface area contributed by atoms with Crippen molar-refractivity contribution >= 4 is 29.0 Å². The second-order valence-electron chi connectivity index (χ2n) is 5.03. The van der Waals surface area contributed by atoms with Gasteiger partial charge in [-0.1, -0.05) is 30.7 Å². The number of aromatic nitrogens is 3. The summed E-state index contributed by atoms with van der Waals surface area (Å²) >= 11 is 3.03. The fraction of sp³-hybridized carbons (Fsp3) is 0.500. The highest BCUT2D eigenvalue weighted by Crippen LogP contribution is 2.23. The molecule has 2 aromatic heterocycles. The number of nitrogens with one attached hydrogen (secondary N) is 1. The second kappa shape index (κ2) is 7.09. The molecule has 0 unspecified atom stereocenters. The van der Waals surface area contributed by atoms with E-state index in [1.165, 1.54) is 24.6 Å². The molecule has 0 radical (unpaired) electrons. The predicted molar refractivity (Wildman–Crippen MR) is 85.5 cm³/mol. The lowest BCUT2D eigenvalue weighted by molar-refractivity contribution is -0.128. The first-order chi connectivity index (χ1) is 10.3. The lowest BCUT2D eigenvalue weighted by atomic mass is 10.2. The van der Waals surface area contributed by atoms with E-state index in [1.807, 2.05) is 22.4 Å². The number of thioether (sulfide) groups is 1. The van der Waals surface area contributed by atoms with E-state index in [-0.39, 0.29) is 5.91 Å². The Bertz CT molecular complexity index is 574. The van der Waals surface area contributed by atoms with Crippen molar-refractivity contribution in [3.05, 3.63) is 17.5 Å². The molecule has 1 aliphatic heterocycles. The minimum absolute atomic E-state index is 0.198. The van der Waals surface area contributed by atoms with E-state index >= 15 is 0 Å². The maximum Gasteiger partial charge on any atom is 0.233 e. The lowest BCUT2D eigenvalue weighted by Crippen LogP contribution is -2.33. The number of hydrogen-bond acceptors (Lipinski definition) is 5. The summed E-state index contributed by atoms with van der Waals surface area (Å²) in [5.74, 6) is 1.39. The number of rotatable bonds is 4. The number of hydrogen-bond donors (Lipinski definition) is 1. The number of thiophene rings is 1. The third-order valence-corrected chi connectivity index (χ3v) is 5.21. The third kappa shape index (κ3) is 3.85. The predicted octanol–water partition coefficient (Wildman–Crippen LogP) is 3.03. The molecule has 0 aromatic carbocycles. The van der Waals surface area contributed by atoms with Crippen LogP contribution in [0.1, 0.15) is 25.7 Å². The molecule has 7 heteroatoms. The van der Waals surface area contributed by atoms with Crippen LogP contribution >= 0.6 is 23.1 Å². The number of nitrogens with zero attached hydrogens (tertiary/aromatic N) is 3. The lowest BCUT2D eigenvalue weighted by Gasteiger charge is -2.19. The van der Waals surface area contributed by atoms with Crippen molar-refractivity contribution in [2.45, 2.75) is 30.8 Å². The molecule has 1 N–H and O–H groups in total. The highest BCUT2D eigenvalue weighted by atomic mass is 32.2. The van der Waals surface area contributed by atoms with Gasteiger partial charge in [0.25, 0.3) is 0 Å². The zero-order valence-corrected chi connectivity index (χ0v) is 13.4. The largest absolute Gasteiger partial charge is 0.342 e. The highest BCUT2D eigenvalue weighted by Gasteiger charge is 2.16. The van der Waals surface area contributed by atoms with Crippen LogP contribution in [0.2, 0.25) is 0 Å². The number of carbonyl (C=O) groups excluding carboxylic acids is 1. The molecule has 0 spiro atoms. The molecule has 112 valence electrons. The average molecular weight is 322 g/mol. The van der Waals surface area contributed by atoms with Gasteiger partial charge in [0.05, 0.1) is 10.6 Å². The molecule has 0 bridgehead atoms. The van der Waals surface area contributed by atoms with E-state index in [4.69, 9.17) is 0 Å². The van der Waals surface area contributed by atoms with Gasteiger partial charge in [0.15, 0.2) is 5.82 Å². The number of aromatic amines is 1. The highest BCUT2D eigenvalue weighted by molar-refractivity contribution is 7.99. The first-order valence-corrected chi connectivity index (χ1v) is 9.06. The summed E-state index contributed by atoms with van der Waals surface area (Å²) < 4.78 is 0. The Labute approximate surface area is 132 Å². The van der Waals surface area contributed by atoms with E-state index in [1.54, 1.807) is 11.3 Å². The van der Waals surface area contributed by atoms with Gasteiger partial charge in [-0.3, -0.25) is 9.89 Å². The van der Waals surface area contributed by atoms with Crippen LogP contribution in [0.15, 0.2) is 22.7 Å². The van der Waals surface area contributed by atoms with Crippen molar-refractivity contribution < 1.29 is 4.79 Å². The number of carbonyl (C=O) groups is 1. The third-order valence-electron chi connectivity index (χ3n) is 3.50.